The lowest BCUT2D eigenvalue weighted by Crippen LogP contribution is -2.13. The van der Waals surface area contributed by atoms with E-state index in [0.29, 0.717) is 0 Å². The van der Waals surface area contributed by atoms with Crippen LogP contribution < -0.4 is 0 Å². The predicted molar refractivity (Wildman–Crippen MR) is 91.2 cm³/mol. The quantitative estimate of drug-likeness (QED) is 0.717. The first kappa shape index (κ1) is 12.6. The van der Waals surface area contributed by atoms with Crippen LogP contribution in [0.3, 0.4) is 0 Å². The Morgan fingerprint density at radius 1 is 1.05 bits per heavy atom. The van der Waals surface area contributed by atoms with E-state index in [2.05, 4.69) is 30.4 Å². The Morgan fingerprint density at radius 3 is 2.86 bits per heavy atom. The topological polar surface area (TPSA) is 24.7 Å². The molecule has 21 heavy (non-hydrogen) atoms. The maximum absolute atomic E-state index is 4.81. The summed E-state index contributed by atoms with van der Waals surface area (Å²) in [5.74, 6) is 0. The predicted octanol–water partition coefficient (Wildman–Crippen LogP) is 4.96. The molecular formula is C18H14N2S. The van der Waals surface area contributed by atoms with E-state index in [-0.39, 0.29) is 0 Å². The van der Waals surface area contributed by atoms with Gasteiger partial charge in [-0.2, -0.15) is 0 Å². The number of allylic oxidation sites excluding steroid dienone is 7. The Labute approximate surface area is 128 Å². The van der Waals surface area contributed by atoms with Gasteiger partial charge in [-0.3, -0.25) is 4.99 Å². The molecule has 3 heteroatoms. The number of nitrogens with zero attached hydrogens (tertiary/aromatic N) is 2. The summed E-state index contributed by atoms with van der Waals surface area (Å²) in [6.45, 7) is 0. The second-order valence-corrected chi connectivity index (χ2v) is 6.07. The smallest absolute Gasteiger partial charge is 0.0792 e. The highest BCUT2D eigenvalue weighted by Gasteiger charge is 2.24. The molecule has 0 N–H and O–H groups in total. The minimum atomic E-state index is 0.870. The number of fused-ring (bicyclic) bond motifs is 1. The zero-order valence-corrected chi connectivity index (χ0v) is 12.3. The first-order valence-corrected chi connectivity index (χ1v) is 7.89. The molecule has 2 nitrogen and oxygen atoms in total. The molecule has 0 radical (unpaired) electrons. The molecular weight excluding hydrogens is 276 g/mol. The largest absolute Gasteiger partial charge is 0.252 e. The van der Waals surface area contributed by atoms with Crippen LogP contribution in [0, 0.1) is 0 Å². The van der Waals surface area contributed by atoms with Crippen LogP contribution in [0.4, 0.5) is 5.69 Å². The van der Waals surface area contributed by atoms with Crippen molar-refractivity contribution >= 4 is 28.9 Å². The van der Waals surface area contributed by atoms with E-state index in [1.807, 2.05) is 30.3 Å². The van der Waals surface area contributed by atoms with Crippen molar-refractivity contribution in [2.75, 3.05) is 0 Å². The third-order valence-corrected chi connectivity index (χ3v) is 4.77. The molecule has 0 spiro atoms. The molecule has 0 unspecified atom stereocenters. The zero-order chi connectivity index (χ0) is 14.1. The van der Waals surface area contributed by atoms with Gasteiger partial charge in [0.05, 0.1) is 27.7 Å². The Balaban J connectivity index is 1.77. The van der Waals surface area contributed by atoms with Crippen LogP contribution in [-0.2, 0) is 0 Å². The van der Waals surface area contributed by atoms with Gasteiger partial charge >= 0.3 is 0 Å². The average Bonchev–Trinajstić information content (AvgIpc) is 2.54. The van der Waals surface area contributed by atoms with E-state index >= 15 is 0 Å². The molecule has 2 aliphatic carbocycles. The normalized spacial score (nSPS) is 21.8. The summed E-state index contributed by atoms with van der Waals surface area (Å²) in [6, 6.07) is 10.1. The number of thioether (sulfide) groups is 1. The summed E-state index contributed by atoms with van der Waals surface area (Å²) in [5.41, 5.74) is 4.24. The highest BCUT2D eigenvalue weighted by Crippen LogP contribution is 2.40. The first-order valence-electron chi connectivity index (χ1n) is 7.07. The maximum Gasteiger partial charge on any atom is 0.0792 e. The van der Waals surface area contributed by atoms with Crippen LogP contribution in [0.25, 0.3) is 0 Å². The molecule has 102 valence electrons. The minimum Gasteiger partial charge on any atom is -0.252 e. The van der Waals surface area contributed by atoms with E-state index in [0.717, 1.165) is 35.6 Å². The van der Waals surface area contributed by atoms with Crippen molar-refractivity contribution in [3.8, 4) is 0 Å². The van der Waals surface area contributed by atoms with Gasteiger partial charge in [-0.1, -0.05) is 48.2 Å². The van der Waals surface area contributed by atoms with Gasteiger partial charge in [0.15, 0.2) is 0 Å². The molecule has 3 aliphatic rings. The van der Waals surface area contributed by atoms with Crippen molar-refractivity contribution < 1.29 is 0 Å². The molecule has 0 bridgehead atoms. The molecule has 4 rings (SSSR count). The summed E-state index contributed by atoms with van der Waals surface area (Å²) in [4.78, 5) is 12.0. The zero-order valence-electron chi connectivity index (χ0n) is 11.5. The Kier molecular flexibility index (Phi) is 3.20. The van der Waals surface area contributed by atoms with Crippen LogP contribution in [0.2, 0.25) is 0 Å². The van der Waals surface area contributed by atoms with E-state index in [1.165, 1.54) is 9.81 Å². The van der Waals surface area contributed by atoms with E-state index in [4.69, 9.17) is 9.98 Å². The highest BCUT2D eigenvalue weighted by molar-refractivity contribution is 8.08. The summed E-state index contributed by atoms with van der Waals surface area (Å²) < 4.78 is 0. The second kappa shape index (κ2) is 5.34. The van der Waals surface area contributed by atoms with Gasteiger partial charge in [-0.25, -0.2) is 4.99 Å². The molecule has 0 amide bonds. The maximum atomic E-state index is 4.81. The fourth-order valence-electron chi connectivity index (χ4n) is 2.52. The third-order valence-electron chi connectivity index (χ3n) is 3.52. The van der Waals surface area contributed by atoms with Crippen molar-refractivity contribution in [3.63, 3.8) is 0 Å². The van der Waals surface area contributed by atoms with Gasteiger partial charge in [-0.05, 0) is 30.7 Å². The lowest BCUT2D eigenvalue weighted by Gasteiger charge is -2.23. The van der Waals surface area contributed by atoms with E-state index < -0.39 is 0 Å². The van der Waals surface area contributed by atoms with Crippen LogP contribution in [0.15, 0.2) is 86.2 Å². The van der Waals surface area contributed by atoms with Gasteiger partial charge in [0.25, 0.3) is 0 Å². The fraction of sp³-hybridized carbons (Fsp3) is 0.111. The molecule has 0 fully saturated rings. The Hall–Kier alpha value is -2.13. The number of benzene rings is 1. The third kappa shape index (κ3) is 2.45. The SMILES string of the molecule is C1=CC2=NC3=C(SC2=CC1)C(=Nc1ccccc1)CC=C3. The number of para-hydroxylation sites is 1. The molecule has 1 aromatic rings. The Morgan fingerprint density at radius 2 is 1.95 bits per heavy atom. The van der Waals surface area contributed by atoms with Crippen LogP contribution in [0.5, 0.6) is 0 Å². The fourth-order valence-corrected chi connectivity index (χ4v) is 3.60. The van der Waals surface area contributed by atoms with Crippen molar-refractivity contribution in [2.24, 2.45) is 9.98 Å². The summed E-state index contributed by atoms with van der Waals surface area (Å²) in [7, 11) is 0. The minimum absolute atomic E-state index is 0.870. The van der Waals surface area contributed by atoms with E-state index in [1.54, 1.807) is 11.8 Å². The summed E-state index contributed by atoms with van der Waals surface area (Å²) in [6.07, 6.45) is 12.6. The van der Waals surface area contributed by atoms with Crippen molar-refractivity contribution in [1.82, 2.24) is 0 Å². The second-order valence-electron chi connectivity index (χ2n) is 5.02. The van der Waals surface area contributed by atoms with Crippen LogP contribution in [0.1, 0.15) is 12.8 Å². The first-order chi connectivity index (χ1) is 10.4. The molecule has 0 aromatic heterocycles. The van der Waals surface area contributed by atoms with E-state index in [9.17, 15) is 0 Å². The lowest BCUT2D eigenvalue weighted by atomic mass is 10.1. The summed E-state index contributed by atoms with van der Waals surface area (Å²) >= 11 is 1.80. The number of aliphatic imine (C=N–C) groups is 2. The molecule has 1 heterocycles. The van der Waals surface area contributed by atoms with Crippen molar-refractivity contribution in [2.45, 2.75) is 12.8 Å². The molecule has 0 atom stereocenters. The molecule has 0 saturated heterocycles. The lowest BCUT2D eigenvalue weighted by molar-refractivity contribution is 1.29. The average molecular weight is 290 g/mol. The monoisotopic (exact) mass is 290 g/mol. The highest BCUT2D eigenvalue weighted by atomic mass is 32.2. The van der Waals surface area contributed by atoms with Gasteiger partial charge in [-0.15, -0.1) is 0 Å². The molecule has 1 aliphatic heterocycles. The number of hydrogen-bond donors (Lipinski definition) is 0. The molecule has 0 saturated carbocycles. The number of rotatable bonds is 1. The molecule has 1 aromatic carbocycles. The van der Waals surface area contributed by atoms with Crippen molar-refractivity contribution in [3.05, 3.63) is 76.2 Å². The van der Waals surface area contributed by atoms with Gasteiger partial charge in [0, 0.05) is 11.3 Å². The van der Waals surface area contributed by atoms with Crippen LogP contribution >= 0.6 is 11.8 Å². The van der Waals surface area contributed by atoms with Gasteiger partial charge in [0.1, 0.15) is 0 Å². The summed E-state index contributed by atoms with van der Waals surface area (Å²) in [5, 5.41) is 0. The standard InChI is InChI=1S/C18H14N2S/c1-2-7-13(8-3-1)19-15-10-6-11-16-18(15)21-17-12-5-4-9-14(17)20-16/h1-4,6-9,11-12H,5,10H2. The number of hydrogen-bond acceptors (Lipinski definition) is 3. The van der Waals surface area contributed by atoms with Gasteiger partial charge < -0.3 is 0 Å². The van der Waals surface area contributed by atoms with Gasteiger partial charge in [0.2, 0.25) is 0 Å². The Bertz CT molecular complexity index is 762. The van der Waals surface area contributed by atoms with Crippen molar-refractivity contribution in [1.29, 1.82) is 0 Å². The van der Waals surface area contributed by atoms with Crippen LogP contribution in [-0.4, -0.2) is 11.4 Å².